The van der Waals surface area contributed by atoms with Crippen LogP contribution in [0.3, 0.4) is 0 Å². The Morgan fingerprint density at radius 3 is 2.09 bits per heavy atom. The largest absolute Gasteiger partial charge is 0.299 e. The van der Waals surface area contributed by atoms with Gasteiger partial charge in [-0.1, -0.05) is 17.7 Å². The third kappa shape index (κ3) is 3.50. The minimum atomic E-state index is -4.66. The molecule has 2 aromatic carbocycles. The molecule has 0 saturated heterocycles. The Bertz CT molecular complexity index is 834. The lowest BCUT2D eigenvalue weighted by molar-refractivity contribution is 0.0694. The molecule has 0 aliphatic carbocycles. The van der Waals surface area contributed by atoms with Crippen LogP contribution in [0.15, 0.2) is 35.2 Å². The summed E-state index contributed by atoms with van der Waals surface area (Å²) in [5, 5.41) is 0. The van der Waals surface area contributed by atoms with Gasteiger partial charge in [0.25, 0.3) is 10.1 Å². The van der Waals surface area contributed by atoms with E-state index in [0.717, 1.165) is 17.7 Å². The summed E-state index contributed by atoms with van der Waals surface area (Å²) in [6, 6.07) is 5.02. The topological polar surface area (TPSA) is 43.4 Å². The molecular formula is C14H9F5O3S. The first-order valence-electron chi connectivity index (χ1n) is 6.10. The maximum atomic E-state index is 13.9. The van der Waals surface area contributed by atoms with Gasteiger partial charge in [0.15, 0.2) is 23.3 Å². The van der Waals surface area contributed by atoms with E-state index in [1.165, 1.54) is 12.1 Å². The number of hydrogen-bond donors (Lipinski definition) is 0. The quantitative estimate of drug-likeness (QED) is 0.362. The molecule has 0 fully saturated rings. The van der Waals surface area contributed by atoms with Gasteiger partial charge in [-0.3, -0.25) is 0 Å². The maximum absolute atomic E-state index is 13.9. The van der Waals surface area contributed by atoms with E-state index in [9.17, 15) is 30.4 Å². The zero-order valence-electron chi connectivity index (χ0n) is 11.5. The molecule has 9 heteroatoms. The third-order valence-corrected chi connectivity index (χ3v) is 4.17. The van der Waals surface area contributed by atoms with Crippen LogP contribution in [-0.4, -0.2) is 8.42 Å². The van der Waals surface area contributed by atoms with Gasteiger partial charge in [-0.2, -0.15) is 8.42 Å². The lowest BCUT2D eigenvalue weighted by atomic mass is 10.2. The molecule has 0 radical (unpaired) electrons. The highest BCUT2D eigenvalue weighted by Gasteiger charge is 2.29. The number of hydrogen-bond acceptors (Lipinski definition) is 3. The van der Waals surface area contributed by atoms with Gasteiger partial charge in [-0.15, -0.1) is 0 Å². The Hall–Kier alpha value is -2.00. The summed E-state index contributed by atoms with van der Waals surface area (Å²) in [5.74, 6) is -8.35. The van der Waals surface area contributed by atoms with Crippen molar-refractivity contribution < 1.29 is 34.6 Å². The second-order valence-corrected chi connectivity index (χ2v) is 6.14. The first-order chi connectivity index (χ1) is 10.6. The number of benzene rings is 2. The number of rotatable bonds is 4. The maximum Gasteiger partial charge on any atom is 0.299 e. The number of aryl methyl sites for hydroxylation is 1. The molecule has 0 aromatic heterocycles. The molecular weight excluding hydrogens is 343 g/mol. The molecule has 1 atom stereocenters. The number of halogens is 5. The van der Waals surface area contributed by atoms with Crippen LogP contribution in [0.4, 0.5) is 22.0 Å². The Morgan fingerprint density at radius 1 is 0.957 bits per heavy atom. The Morgan fingerprint density at radius 2 is 1.52 bits per heavy atom. The molecule has 1 unspecified atom stereocenters. The smallest absolute Gasteiger partial charge is 0.225 e. The summed E-state index contributed by atoms with van der Waals surface area (Å²) in [5.41, 5.74) is -0.688. The van der Waals surface area contributed by atoms with E-state index in [4.69, 9.17) is 0 Å². The Kier molecular flexibility index (Phi) is 4.71. The van der Waals surface area contributed by atoms with Crippen LogP contribution in [0.1, 0.15) is 17.5 Å². The third-order valence-electron chi connectivity index (χ3n) is 2.90. The van der Waals surface area contributed by atoms with Crippen LogP contribution in [-0.2, 0) is 14.3 Å². The van der Waals surface area contributed by atoms with Gasteiger partial charge < -0.3 is 0 Å². The molecule has 2 aromatic rings. The molecule has 0 spiro atoms. The fourth-order valence-corrected chi connectivity index (χ4v) is 2.59. The molecule has 0 aliphatic rings. The zero-order chi connectivity index (χ0) is 17.4. The van der Waals surface area contributed by atoms with Crippen LogP contribution in [0, 0.1) is 30.2 Å². The van der Waals surface area contributed by atoms with Crippen molar-refractivity contribution in [3.8, 4) is 0 Å². The molecule has 0 heterocycles. The molecule has 0 N–H and O–H groups in total. The normalized spacial score (nSPS) is 13.1. The minimum absolute atomic E-state index is 0.0108. The Balaban J connectivity index is 2.35. The first-order valence-corrected chi connectivity index (χ1v) is 7.51. The van der Waals surface area contributed by atoms with Crippen molar-refractivity contribution in [3.05, 3.63) is 64.7 Å². The molecule has 0 aliphatic heterocycles. The van der Waals surface area contributed by atoms with Crippen molar-refractivity contribution in [1.29, 1.82) is 0 Å². The monoisotopic (exact) mass is 352 g/mol. The van der Waals surface area contributed by atoms with Crippen molar-refractivity contribution in [2.45, 2.75) is 18.2 Å². The van der Waals surface area contributed by atoms with Crippen molar-refractivity contribution in [2.24, 2.45) is 0 Å². The fourth-order valence-electron chi connectivity index (χ4n) is 1.68. The second-order valence-electron chi connectivity index (χ2n) is 4.57. The van der Waals surface area contributed by atoms with Crippen molar-refractivity contribution >= 4 is 10.1 Å². The van der Waals surface area contributed by atoms with Gasteiger partial charge in [0, 0.05) is 0 Å². The van der Waals surface area contributed by atoms with Gasteiger partial charge in [-0.05, 0) is 25.1 Å². The zero-order valence-corrected chi connectivity index (χ0v) is 12.3. The summed E-state index contributed by atoms with van der Waals surface area (Å²) >= 11 is 0. The standard InChI is InChI=1S/C14H9F5O3S/c1-7-2-4-8(5-3-7)23(20,21)22-14(19)9-6-10(15)12(17)13(18)11(9)16/h2-6,14H,1H3. The molecule has 3 nitrogen and oxygen atoms in total. The van der Waals surface area contributed by atoms with Crippen LogP contribution >= 0.6 is 0 Å². The van der Waals surface area contributed by atoms with Crippen molar-refractivity contribution in [2.75, 3.05) is 0 Å². The second kappa shape index (κ2) is 6.25. The van der Waals surface area contributed by atoms with Crippen molar-refractivity contribution in [3.63, 3.8) is 0 Å². The van der Waals surface area contributed by atoms with E-state index in [0.29, 0.717) is 0 Å². The average Bonchev–Trinajstić information content (AvgIpc) is 2.48. The van der Waals surface area contributed by atoms with E-state index in [1.807, 2.05) is 0 Å². The molecule has 124 valence electrons. The van der Waals surface area contributed by atoms with Gasteiger partial charge in [0.05, 0.1) is 10.5 Å². The average molecular weight is 352 g/mol. The minimum Gasteiger partial charge on any atom is -0.225 e. The predicted molar refractivity (Wildman–Crippen MR) is 69.6 cm³/mol. The van der Waals surface area contributed by atoms with Crippen LogP contribution in [0.5, 0.6) is 0 Å². The van der Waals surface area contributed by atoms with Gasteiger partial charge in [0.2, 0.25) is 6.36 Å². The van der Waals surface area contributed by atoms with Gasteiger partial charge in [-0.25, -0.2) is 26.1 Å². The molecule has 0 amide bonds. The van der Waals surface area contributed by atoms with Crippen molar-refractivity contribution in [1.82, 2.24) is 0 Å². The lowest BCUT2D eigenvalue weighted by Crippen LogP contribution is -2.12. The predicted octanol–water partition coefficient (Wildman–Crippen LogP) is 3.93. The molecule has 0 bridgehead atoms. The van der Waals surface area contributed by atoms with Crippen LogP contribution in [0.2, 0.25) is 0 Å². The molecule has 23 heavy (non-hydrogen) atoms. The van der Waals surface area contributed by atoms with E-state index >= 15 is 0 Å². The summed E-state index contributed by atoms with van der Waals surface area (Å²) < 4.78 is 93.9. The highest BCUT2D eigenvalue weighted by molar-refractivity contribution is 7.86. The van der Waals surface area contributed by atoms with E-state index < -0.39 is 50.2 Å². The van der Waals surface area contributed by atoms with E-state index in [-0.39, 0.29) is 6.07 Å². The summed E-state index contributed by atoms with van der Waals surface area (Å²) in [6.45, 7) is 1.68. The number of alkyl halides is 1. The van der Waals surface area contributed by atoms with Gasteiger partial charge in [0.1, 0.15) is 0 Å². The van der Waals surface area contributed by atoms with Crippen LogP contribution < -0.4 is 0 Å². The SMILES string of the molecule is Cc1ccc(S(=O)(=O)OC(F)c2cc(F)c(F)c(F)c2F)cc1. The highest BCUT2D eigenvalue weighted by atomic mass is 32.2. The van der Waals surface area contributed by atoms with E-state index in [1.54, 1.807) is 6.92 Å². The summed E-state index contributed by atoms with van der Waals surface area (Å²) in [4.78, 5) is -0.436. The Labute approximate surface area is 128 Å². The summed E-state index contributed by atoms with van der Waals surface area (Å²) in [6.07, 6.45) is -3.05. The van der Waals surface area contributed by atoms with E-state index in [2.05, 4.69) is 4.18 Å². The fraction of sp³-hybridized carbons (Fsp3) is 0.143. The lowest BCUT2D eigenvalue weighted by Gasteiger charge is -2.12. The molecule has 0 saturated carbocycles. The first kappa shape index (κ1) is 17.4. The molecule has 2 rings (SSSR count). The highest BCUT2D eigenvalue weighted by Crippen LogP contribution is 2.30. The van der Waals surface area contributed by atoms with Crippen LogP contribution in [0.25, 0.3) is 0 Å². The summed E-state index contributed by atoms with van der Waals surface area (Å²) in [7, 11) is -4.66. The van der Waals surface area contributed by atoms with Gasteiger partial charge >= 0.3 is 0 Å².